The van der Waals surface area contributed by atoms with Crippen molar-refractivity contribution >= 4 is 11.6 Å². The molecule has 1 saturated carbocycles. The van der Waals surface area contributed by atoms with Crippen LogP contribution in [-0.2, 0) is 11.8 Å². The molecule has 1 aromatic heterocycles. The maximum Gasteiger partial charge on any atom is 0.227 e. The quantitative estimate of drug-likeness (QED) is 0.897. The second-order valence-electron chi connectivity index (χ2n) is 4.66. The van der Waals surface area contributed by atoms with E-state index < -0.39 is 0 Å². The van der Waals surface area contributed by atoms with E-state index in [-0.39, 0.29) is 11.8 Å². The summed E-state index contributed by atoms with van der Waals surface area (Å²) in [7, 11) is 1.88. The summed E-state index contributed by atoms with van der Waals surface area (Å²) in [6, 6.07) is 9.97. The predicted molar refractivity (Wildman–Crippen MR) is 70.0 cm³/mol. The predicted octanol–water partition coefficient (Wildman–Crippen LogP) is 2.44. The molecule has 3 rings (SSSR count). The van der Waals surface area contributed by atoms with Crippen molar-refractivity contribution in [3.8, 4) is 11.3 Å². The van der Waals surface area contributed by atoms with Crippen LogP contribution < -0.4 is 5.32 Å². The zero-order chi connectivity index (χ0) is 12.5. The van der Waals surface area contributed by atoms with Crippen LogP contribution in [0.4, 0.5) is 5.69 Å². The molecule has 1 fully saturated rings. The first kappa shape index (κ1) is 11.0. The van der Waals surface area contributed by atoms with Crippen LogP contribution >= 0.6 is 0 Å². The van der Waals surface area contributed by atoms with Gasteiger partial charge in [0.2, 0.25) is 5.91 Å². The largest absolute Gasteiger partial charge is 0.323 e. The van der Waals surface area contributed by atoms with Crippen LogP contribution in [0.3, 0.4) is 0 Å². The molecule has 0 atom stereocenters. The van der Waals surface area contributed by atoms with Gasteiger partial charge >= 0.3 is 0 Å². The number of aromatic nitrogens is 2. The molecule has 1 aliphatic rings. The van der Waals surface area contributed by atoms with Gasteiger partial charge in [-0.3, -0.25) is 9.48 Å². The van der Waals surface area contributed by atoms with E-state index in [1.807, 2.05) is 37.4 Å². The third-order valence-electron chi connectivity index (χ3n) is 3.19. The van der Waals surface area contributed by atoms with Crippen LogP contribution in [0.2, 0.25) is 0 Å². The zero-order valence-electron chi connectivity index (χ0n) is 10.3. The summed E-state index contributed by atoms with van der Waals surface area (Å²) in [5.41, 5.74) is 2.80. The van der Waals surface area contributed by atoms with Crippen LogP contribution in [0.25, 0.3) is 11.3 Å². The van der Waals surface area contributed by atoms with Gasteiger partial charge in [0, 0.05) is 18.5 Å². The van der Waals surface area contributed by atoms with Crippen molar-refractivity contribution in [1.29, 1.82) is 0 Å². The van der Waals surface area contributed by atoms with Crippen molar-refractivity contribution in [2.45, 2.75) is 12.8 Å². The second kappa shape index (κ2) is 4.29. The molecular weight excluding hydrogens is 226 g/mol. The standard InChI is InChI=1S/C14H15N3O/c1-17-13(10-5-3-2-4-6-10)12(9-15-17)16-14(18)11-7-8-11/h2-6,9,11H,7-8H2,1H3,(H,16,18). The highest BCUT2D eigenvalue weighted by molar-refractivity contribution is 5.97. The number of carbonyl (C=O) groups excluding carboxylic acids is 1. The number of benzene rings is 1. The van der Waals surface area contributed by atoms with E-state index in [1.165, 1.54) is 0 Å². The van der Waals surface area contributed by atoms with Gasteiger partial charge < -0.3 is 5.32 Å². The Balaban J connectivity index is 1.93. The molecule has 92 valence electrons. The Hall–Kier alpha value is -2.10. The maximum atomic E-state index is 11.8. The molecule has 4 nitrogen and oxygen atoms in total. The minimum absolute atomic E-state index is 0.111. The molecule has 0 aliphatic heterocycles. The number of hydrogen-bond donors (Lipinski definition) is 1. The molecule has 18 heavy (non-hydrogen) atoms. The Morgan fingerprint density at radius 2 is 2.06 bits per heavy atom. The SMILES string of the molecule is Cn1ncc(NC(=O)C2CC2)c1-c1ccccc1. The molecule has 1 heterocycles. The highest BCUT2D eigenvalue weighted by Gasteiger charge is 2.30. The lowest BCUT2D eigenvalue weighted by Gasteiger charge is -2.07. The van der Waals surface area contributed by atoms with E-state index in [1.54, 1.807) is 10.9 Å². The molecule has 0 radical (unpaired) electrons. The van der Waals surface area contributed by atoms with Crippen LogP contribution in [0.15, 0.2) is 36.5 Å². The molecule has 0 unspecified atom stereocenters. The number of aryl methyl sites for hydroxylation is 1. The molecule has 2 aromatic rings. The Labute approximate surface area is 106 Å². The van der Waals surface area contributed by atoms with Crippen LogP contribution in [-0.4, -0.2) is 15.7 Å². The highest BCUT2D eigenvalue weighted by Crippen LogP contribution is 2.32. The number of nitrogens with zero attached hydrogens (tertiary/aromatic N) is 2. The summed E-state index contributed by atoms with van der Waals surface area (Å²) >= 11 is 0. The molecule has 1 aromatic carbocycles. The monoisotopic (exact) mass is 241 g/mol. The normalized spacial score (nSPS) is 14.5. The third kappa shape index (κ3) is 2.01. The summed E-state index contributed by atoms with van der Waals surface area (Å²) < 4.78 is 1.79. The summed E-state index contributed by atoms with van der Waals surface area (Å²) in [5.74, 6) is 0.314. The molecule has 1 amide bonds. The van der Waals surface area contributed by atoms with Gasteiger partial charge in [-0.15, -0.1) is 0 Å². The topological polar surface area (TPSA) is 46.9 Å². The van der Waals surface area contributed by atoms with Crippen molar-refractivity contribution in [3.63, 3.8) is 0 Å². The number of anilines is 1. The molecule has 1 N–H and O–H groups in total. The van der Waals surface area contributed by atoms with E-state index in [0.29, 0.717) is 0 Å². The van der Waals surface area contributed by atoms with Crippen molar-refractivity contribution in [3.05, 3.63) is 36.5 Å². The van der Waals surface area contributed by atoms with Gasteiger partial charge in [0.1, 0.15) is 0 Å². The minimum Gasteiger partial charge on any atom is -0.323 e. The summed E-state index contributed by atoms with van der Waals surface area (Å²) in [4.78, 5) is 11.8. The first-order chi connectivity index (χ1) is 8.75. The summed E-state index contributed by atoms with van der Waals surface area (Å²) in [6.45, 7) is 0. The van der Waals surface area contributed by atoms with Gasteiger partial charge in [0.05, 0.1) is 17.6 Å². The molecule has 0 bridgehead atoms. The minimum atomic E-state index is 0.111. The van der Waals surface area contributed by atoms with Crippen molar-refractivity contribution in [1.82, 2.24) is 9.78 Å². The Morgan fingerprint density at radius 1 is 1.33 bits per heavy atom. The molecule has 0 spiro atoms. The van der Waals surface area contributed by atoms with Crippen molar-refractivity contribution < 1.29 is 4.79 Å². The van der Waals surface area contributed by atoms with Gasteiger partial charge in [-0.25, -0.2) is 0 Å². The van der Waals surface area contributed by atoms with E-state index >= 15 is 0 Å². The van der Waals surface area contributed by atoms with Gasteiger partial charge in [0.25, 0.3) is 0 Å². The van der Waals surface area contributed by atoms with E-state index in [4.69, 9.17) is 0 Å². The smallest absolute Gasteiger partial charge is 0.227 e. The van der Waals surface area contributed by atoms with E-state index in [9.17, 15) is 4.79 Å². The van der Waals surface area contributed by atoms with Crippen molar-refractivity contribution in [2.75, 3.05) is 5.32 Å². The van der Waals surface area contributed by atoms with Crippen LogP contribution in [0, 0.1) is 5.92 Å². The second-order valence-corrected chi connectivity index (χ2v) is 4.66. The first-order valence-corrected chi connectivity index (χ1v) is 6.14. The van der Waals surface area contributed by atoms with Crippen LogP contribution in [0.5, 0.6) is 0 Å². The summed E-state index contributed by atoms with van der Waals surface area (Å²) in [5, 5.41) is 7.20. The first-order valence-electron chi connectivity index (χ1n) is 6.14. The third-order valence-corrected chi connectivity index (χ3v) is 3.19. The fourth-order valence-corrected chi connectivity index (χ4v) is 2.05. The number of nitrogens with one attached hydrogen (secondary N) is 1. The van der Waals surface area contributed by atoms with Gasteiger partial charge in [-0.2, -0.15) is 5.10 Å². The fourth-order valence-electron chi connectivity index (χ4n) is 2.05. The molecular formula is C14H15N3O. The number of hydrogen-bond acceptors (Lipinski definition) is 2. The van der Waals surface area contributed by atoms with E-state index in [0.717, 1.165) is 29.8 Å². The molecule has 4 heteroatoms. The average Bonchev–Trinajstić information content (AvgIpc) is 3.17. The Morgan fingerprint density at radius 3 is 2.72 bits per heavy atom. The summed E-state index contributed by atoms with van der Waals surface area (Å²) in [6.07, 6.45) is 3.72. The number of carbonyl (C=O) groups is 1. The molecule has 1 aliphatic carbocycles. The molecule has 0 saturated heterocycles. The van der Waals surface area contributed by atoms with Gasteiger partial charge in [0.15, 0.2) is 0 Å². The average molecular weight is 241 g/mol. The number of amides is 1. The van der Waals surface area contributed by atoms with E-state index in [2.05, 4.69) is 10.4 Å². The maximum absolute atomic E-state index is 11.8. The van der Waals surface area contributed by atoms with Crippen molar-refractivity contribution in [2.24, 2.45) is 13.0 Å². The Bertz CT molecular complexity index is 570. The lowest BCUT2D eigenvalue weighted by Crippen LogP contribution is -2.13. The highest BCUT2D eigenvalue weighted by atomic mass is 16.2. The van der Waals surface area contributed by atoms with Gasteiger partial charge in [-0.05, 0) is 12.8 Å². The number of rotatable bonds is 3. The van der Waals surface area contributed by atoms with Crippen LogP contribution in [0.1, 0.15) is 12.8 Å². The Kier molecular flexibility index (Phi) is 2.63. The lowest BCUT2D eigenvalue weighted by atomic mass is 10.1. The lowest BCUT2D eigenvalue weighted by molar-refractivity contribution is -0.117. The fraction of sp³-hybridized carbons (Fsp3) is 0.286. The van der Waals surface area contributed by atoms with Gasteiger partial charge in [-0.1, -0.05) is 30.3 Å². The zero-order valence-corrected chi connectivity index (χ0v) is 10.3.